The summed E-state index contributed by atoms with van der Waals surface area (Å²) >= 11 is 5.64. The number of aromatic nitrogens is 2. The predicted molar refractivity (Wildman–Crippen MR) is 334 cm³/mol. The second kappa shape index (κ2) is 34.7. The van der Waals surface area contributed by atoms with Gasteiger partial charge < -0.3 is 69.5 Å². The van der Waals surface area contributed by atoms with Gasteiger partial charge >= 0.3 is 5.97 Å². The van der Waals surface area contributed by atoms with Crippen LogP contribution in [0.3, 0.4) is 0 Å². The Morgan fingerprint density at radius 2 is 1.59 bits per heavy atom. The summed E-state index contributed by atoms with van der Waals surface area (Å²) in [4.78, 5) is 98.1. The highest BCUT2D eigenvalue weighted by molar-refractivity contribution is 7.80. The van der Waals surface area contributed by atoms with Gasteiger partial charge in [0.2, 0.25) is 17.6 Å². The number of aliphatic hydroxyl groups excluding tert-OH is 2. The molecule has 1 saturated carbocycles. The first-order valence-electron chi connectivity index (χ1n) is 31.7. The van der Waals surface area contributed by atoms with Crippen LogP contribution in [-0.4, -0.2) is 196 Å². The standard InChI is InChI=1S/C65H99N7O15S/c1-10-29-84-30-23-56(74)70-25-27-71(28-26-70)63-67-37-47(38-68-63)39-69-64(88)86-52-22-20-46(34-55(52)83-9)33-49(66)54-36-51(73)42(4)32-44(6)58(76)59(77)57(75)43(5)31-40(2)16-12-11-13-17-41(3)53(82-8)35-48-21-19-45(7)65(81,87-48)60(78)61(79)72-24-15-14-18-50(72)62(80)85-54/h11-13,16-17,32,37-38,40,42-43,45-46,48-50,52-55,58-59,76-77,81H,10,14-15,18-31,33-36,39,66H2,1-9H3,(H,69,88)/b13-11+,16-12+,41-17+,44-32+/t40-,42-,43-,45-,46+,48+,49-,50+,52-,53+,54+,55-,58-,59+,65-/m1/s1. The normalized spacial score (nSPS) is 33.9. The molecule has 22 nitrogen and oxygen atoms in total. The summed E-state index contributed by atoms with van der Waals surface area (Å²) in [5.41, 5.74) is 8.86. The van der Waals surface area contributed by atoms with Crippen molar-refractivity contribution in [1.82, 2.24) is 25.1 Å². The zero-order chi connectivity index (χ0) is 64.2. The molecule has 3 saturated heterocycles. The van der Waals surface area contributed by atoms with Crippen molar-refractivity contribution in [2.45, 2.75) is 206 Å². The van der Waals surface area contributed by atoms with Crippen molar-refractivity contribution in [2.24, 2.45) is 35.3 Å². The molecule has 4 aliphatic heterocycles. The summed E-state index contributed by atoms with van der Waals surface area (Å²) in [6.07, 6.45) is 13.2. The van der Waals surface area contributed by atoms with Crippen molar-refractivity contribution in [3.8, 4) is 0 Å². The number of esters is 1. The van der Waals surface area contributed by atoms with E-state index in [2.05, 4.69) is 15.3 Å². The van der Waals surface area contributed by atoms with Crippen LogP contribution in [0.15, 0.2) is 60.0 Å². The van der Waals surface area contributed by atoms with Gasteiger partial charge in [-0.3, -0.25) is 24.0 Å². The third kappa shape index (κ3) is 20.1. The van der Waals surface area contributed by atoms with E-state index >= 15 is 0 Å². The van der Waals surface area contributed by atoms with Gasteiger partial charge in [0.1, 0.15) is 36.2 Å². The monoisotopic (exact) mass is 1250 g/mol. The number of ether oxygens (including phenoxy) is 6. The molecule has 88 heavy (non-hydrogen) atoms. The number of piperazine rings is 1. The summed E-state index contributed by atoms with van der Waals surface area (Å²) in [7, 11) is 3.14. The number of hydrogen-bond acceptors (Lipinski definition) is 20. The lowest BCUT2D eigenvalue weighted by molar-refractivity contribution is -0.265. The average Bonchev–Trinajstić information content (AvgIpc) is 1.21. The third-order valence-electron chi connectivity index (χ3n) is 18.1. The van der Waals surface area contributed by atoms with Crippen molar-refractivity contribution in [3.05, 3.63) is 65.6 Å². The number of fused-ring (bicyclic) bond motifs is 3. The molecule has 2 amide bonds. The lowest BCUT2D eigenvalue weighted by Gasteiger charge is -2.42. The Morgan fingerprint density at radius 1 is 0.864 bits per heavy atom. The Bertz CT molecular complexity index is 2630. The van der Waals surface area contributed by atoms with Crippen molar-refractivity contribution >= 4 is 58.5 Å². The zero-order valence-electron chi connectivity index (χ0n) is 53.2. The number of amides is 2. The lowest BCUT2D eigenvalue weighted by atomic mass is 9.80. The molecule has 0 aromatic carbocycles. The van der Waals surface area contributed by atoms with Crippen molar-refractivity contribution < 1.29 is 72.5 Å². The Hall–Kier alpha value is -5.37. The number of hydrogen-bond donors (Lipinski definition) is 5. The second-order valence-corrected chi connectivity index (χ2v) is 25.3. The topological polar surface area (TPSA) is 292 Å². The zero-order valence-corrected chi connectivity index (χ0v) is 54.0. The van der Waals surface area contributed by atoms with Crippen molar-refractivity contribution in [1.29, 1.82) is 0 Å². The number of carbonyl (C=O) groups excluding carboxylic acids is 6. The van der Waals surface area contributed by atoms with E-state index in [1.165, 1.54) is 13.0 Å². The number of Topliss-reactive ketones (excluding diaryl/α,β-unsaturated/α-hetero) is 3. The molecule has 1 aromatic rings. The van der Waals surface area contributed by atoms with Crippen molar-refractivity contribution in [3.63, 3.8) is 0 Å². The maximum absolute atomic E-state index is 14.6. The Labute approximate surface area is 525 Å². The fourth-order valence-corrected chi connectivity index (χ4v) is 12.7. The first-order chi connectivity index (χ1) is 42.0. The Kier molecular flexibility index (Phi) is 28.3. The molecule has 4 fully saturated rings. The fourth-order valence-electron chi connectivity index (χ4n) is 12.5. The molecule has 5 aliphatic rings. The molecule has 6 rings (SSSR count). The molecule has 0 spiro atoms. The van der Waals surface area contributed by atoms with Gasteiger partial charge in [-0.05, 0) is 120 Å². The molecule has 23 heteroatoms. The number of methoxy groups -OCH3 is 2. The van der Waals surface area contributed by atoms with Gasteiger partial charge in [0.05, 0.1) is 31.3 Å². The van der Waals surface area contributed by atoms with E-state index in [4.69, 9.17) is 46.4 Å². The van der Waals surface area contributed by atoms with E-state index in [1.807, 2.05) is 61.0 Å². The molecule has 5 heterocycles. The highest BCUT2D eigenvalue weighted by atomic mass is 32.1. The van der Waals surface area contributed by atoms with Crippen LogP contribution in [0.4, 0.5) is 5.95 Å². The summed E-state index contributed by atoms with van der Waals surface area (Å²) < 4.78 is 36.0. The van der Waals surface area contributed by atoms with Gasteiger partial charge in [0.15, 0.2) is 5.78 Å². The fraction of sp³-hybridized carbons (Fsp3) is 0.708. The number of cyclic esters (lactones) is 1. The number of anilines is 1. The van der Waals surface area contributed by atoms with E-state index in [-0.39, 0.29) is 60.7 Å². The number of nitrogens with zero attached hydrogens (tertiary/aromatic N) is 5. The number of thiocarbonyl (C=S) groups is 1. The largest absolute Gasteiger partial charge is 0.465 e. The van der Waals surface area contributed by atoms with Gasteiger partial charge in [-0.25, -0.2) is 14.8 Å². The van der Waals surface area contributed by atoms with E-state index in [9.17, 15) is 44.1 Å². The quantitative estimate of drug-likeness (QED) is 0.0500. The van der Waals surface area contributed by atoms with Crippen molar-refractivity contribution in [2.75, 3.05) is 65.1 Å². The highest BCUT2D eigenvalue weighted by Crippen LogP contribution is 2.38. The number of carbonyl (C=O) groups is 6. The number of piperidine rings is 1. The third-order valence-corrected chi connectivity index (χ3v) is 18.3. The minimum Gasteiger partial charge on any atom is -0.465 e. The minimum atomic E-state index is -2.49. The van der Waals surface area contributed by atoms with Gasteiger partial charge in [0.25, 0.3) is 16.9 Å². The first-order valence-corrected chi connectivity index (χ1v) is 32.1. The second-order valence-electron chi connectivity index (χ2n) is 24.9. The molecule has 1 aliphatic carbocycles. The van der Waals surface area contributed by atoms with Crippen LogP contribution in [0.5, 0.6) is 0 Å². The van der Waals surface area contributed by atoms with Gasteiger partial charge in [-0.2, -0.15) is 0 Å². The summed E-state index contributed by atoms with van der Waals surface area (Å²) in [6, 6.07) is -2.17. The lowest BCUT2D eigenvalue weighted by Crippen LogP contribution is -2.61. The van der Waals surface area contributed by atoms with Crippen LogP contribution < -0.4 is 16.0 Å². The van der Waals surface area contributed by atoms with E-state index in [0.717, 1.165) is 22.5 Å². The maximum Gasteiger partial charge on any atom is 0.329 e. The number of aliphatic hydroxyl groups is 3. The molecule has 1 aromatic heterocycles. The average molecular weight is 1250 g/mol. The number of nitrogens with two attached hydrogens (primary N) is 1. The minimum absolute atomic E-state index is 0.0202. The summed E-state index contributed by atoms with van der Waals surface area (Å²) in [5, 5.41) is 37.8. The first kappa shape index (κ1) is 71.7. The molecule has 490 valence electrons. The smallest absolute Gasteiger partial charge is 0.329 e. The molecule has 0 radical (unpaired) electrons. The molecule has 15 atom stereocenters. The Morgan fingerprint density at radius 3 is 2.28 bits per heavy atom. The number of allylic oxidation sites excluding steroid dienone is 6. The number of rotatable bonds is 14. The number of nitrogens with one attached hydrogen (secondary N) is 1. The number of ketones is 3. The highest BCUT2D eigenvalue weighted by Gasteiger charge is 2.53. The molecular formula is C65H99N7O15S. The van der Waals surface area contributed by atoms with Crippen LogP contribution in [-0.2, 0) is 63.7 Å². The van der Waals surface area contributed by atoms with Crippen LogP contribution in [0.1, 0.15) is 144 Å². The van der Waals surface area contributed by atoms with Crippen LogP contribution >= 0.6 is 12.2 Å². The molecule has 6 N–H and O–H groups in total. The van der Waals surface area contributed by atoms with Crippen LogP contribution in [0.25, 0.3) is 0 Å². The molecular weight excluding hydrogens is 1150 g/mol. The van der Waals surface area contributed by atoms with Crippen LogP contribution in [0, 0.1) is 29.6 Å². The summed E-state index contributed by atoms with van der Waals surface area (Å²) in [6.45, 7) is 16.1. The van der Waals surface area contributed by atoms with Gasteiger partial charge in [-0.15, -0.1) is 0 Å². The summed E-state index contributed by atoms with van der Waals surface area (Å²) in [5.74, 6) is -8.35. The van der Waals surface area contributed by atoms with E-state index < -0.39 is 108 Å². The van der Waals surface area contributed by atoms with Crippen LogP contribution in [0.2, 0.25) is 0 Å². The molecule has 2 bridgehead atoms. The predicted octanol–water partition coefficient (Wildman–Crippen LogP) is 5.57. The molecule has 0 unspecified atom stereocenters. The van der Waals surface area contributed by atoms with E-state index in [0.29, 0.717) is 110 Å². The van der Waals surface area contributed by atoms with Gasteiger partial charge in [0, 0.05) is 115 Å². The van der Waals surface area contributed by atoms with E-state index in [1.54, 1.807) is 47.4 Å². The Balaban J connectivity index is 1.14. The van der Waals surface area contributed by atoms with Gasteiger partial charge in [-0.1, -0.05) is 71.1 Å². The maximum atomic E-state index is 14.6. The SMILES string of the molecule is CCCOCCC(=O)N1CCN(c2ncc(CNC(=S)O[C@@H]3CC[C@@H](C[C@@H](N)[C@@H]4CC(=O)[C@H](C)/C=C(\C)[C@@H](O)[C@@H](O)C(=O)[C@H](C)C[C@H](C)/C=C/C=C/C=C(\C)[C@@H](OC)C[C@@H]5CC[C@@H](C)[C@@](O)(O5)C(=O)C(=O)N5CCCC[C@H]5C(=O)O4)C[C@H]3OC)cn2)CC1.